The maximum atomic E-state index is 12.0. The molecule has 0 heterocycles. The average molecular weight is 287 g/mol. The third kappa shape index (κ3) is 4.92. The Balaban J connectivity index is 1.86. The van der Waals surface area contributed by atoms with Crippen molar-refractivity contribution in [3.63, 3.8) is 0 Å². The SMILES string of the molecule is CCOc1ccc(/C=C/C(=O)N[C@@H]2CCCC[C@H]2C)cc1. The quantitative estimate of drug-likeness (QED) is 0.837. The third-order valence-corrected chi connectivity index (χ3v) is 4.06. The number of amides is 1. The average Bonchev–Trinajstić information content (AvgIpc) is 2.49. The summed E-state index contributed by atoms with van der Waals surface area (Å²) in [7, 11) is 0. The fraction of sp³-hybridized carbons (Fsp3) is 0.500. The number of ether oxygens (including phenoxy) is 1. The number of hydrogen-bond acceptors (Lipinski definition) is 2. The first-order valence-corrected chi connectivity index (χ1v) is 7.90. The molecule has 0 unspecified atom stereocenters. The first kappa shape index (κ1) is 15.6. The molecular formula is C18H25NO2. The molecule has 0 spiro atoms. The van der Waals surface area contributed by atoms with Gasteiger partial charge in [-0.1, -0.05) is 31.9 Å². The second kappa shape index (κ2) is 7.87. The van der Waals surface area contributed by atoms with E-state index >= 15 is 0 Å². The summed E-state index contributed by atoms with van der Waals surface area (Å²) in [6.45, 7) is 4.85. The molecular weight excluding hydrogens is 262 g/mol. The van der Waals surface area contributed by atoms with Gasteiger partial charge in [0, 0.05) is 12.1 Å². The minimum Gasteiger partial charge on any atom is -0.494 e. The van der Waals surface area contributed by atoms with Crippen LogP contribution in [0.3, 0.4) is 0 Å². The molecule has 2 rings (SSSR count). The van der Waals surface area contributed by atoms with Gasteiger partial charge >= 0.3 is 0 Å². The molecule has 1 aliphatic rings. The summed E-state index contributed by atoms with van der Waals surface area (Å²) in [4.78, 5) is 12.0. The number of carbonyl (C=O) groups is 1. The predicted molar refractivity (Wildman–Crippen MR) is 86.2 cm³/mol. The predicted octanol–water partition coefficient (Wildman–Crippen LogP) is 3.79. The minimum absolute atomic E-state index is 0.00244. The van der Waals surface area contributed by atoms with E-state index in [2.05, 4.69) is 12.2 Å². The Kier molecular flexibility index (Phi) is 5.85. The van der Waals surface area contributed by atoms with Gasteiger partial charge in [-0.25, -0.2) is 0 Å². The van der Waals surface area contributed by atoms with Crippen LogP contribution in [0.15, 0.2) is 30.3 Å². The highest BCUT2D eigenvalue weighted by Gasteiger charge is 2.21. The minimum atomic E-state index is 0.00244. The lowest BCUT2D eigenvalue weighted by Gasteiger charge is -2.29. The summed E-state index contributed by atoms with van der Waals surface area (Å²) in [5.41, 5.74) is 1.00. The van der Waals surface area contributed by atoms with Crippen molar-refractivity contribution in [2.75, 3.05) is 6.61 Å². The van der Waals surface area contributed by atoms with Gasteiger partial charge in [0.1, 0.15) is 5.75 Å². The lowest BCUT2D eigenvalue weighted by Crippen LogP contribution is -2.40. The summed E-state index contributed by atoms with van der Waals surface area (Å²) in [6.07, 6.45) is 8.29. The van der Waals surface area contributed by atoms with E-state index in [1.54, 1.807) is 6.08 Å². The topological polar surface area (TPSA) is 38.3 Å². The largest absolute Gasteiger partial charge is 0.494 e. The van der Waals surface area contributed by atoms with Crippen molar-refractivity contribution in [2.45, 2.75) is 45.6 Å². The fourth-order valence-corrected chi connectivity index (χ4v) is 2.78. The van der Waals surface area contributed by atoms with E-state index in [1.165, 1.54) is 19.3 Å². The molecule has 0 saturated heterocycles. The van der Waals surface area contributed by atoms with Gasteiger partial charge in [0.15, 0.2) is 0 Å². The molecule has 0 aliphatic heterocycles. The molecule has 3 nitrogen and oxygen atoms in total. The van der Waals surface area contributed by atoms with Crippen molar-refractivity contribution in [1.29, 1.82) is 0 Å². The van der Waals surface area contributed by atoms with Crippen LogP contribution in [-0.2, 0) is 4.79 Å². The monoisotopic (exact) mass is 287 g/mol. The Bertz CT molecular complexity index is 478. The van der Waals surface area contributed by atoms with E-state index in [9.17, 15) is 4.79 Å². The van der Waals surface area contributed by atoms with Gasteiger partial charge in [0.2, 0.25) is 5.91 Å². The van der Waals surface area contributed by atoms with Crippen molar-refractivity contribution in [3.05, 3.63) is 35.9 Å². The molecule has 114 valence electrons. The first-order valence-electron chi connectivity index (χ1n) is 7.90. The van der Waals surface area contributed by atoms with Gasteiger partial charge in [-0.3, -0.25) is 4.79 Å². The third-order valence-electron chi connectivity index (χ3n) is 4.06. The molecule has 1 amide bonds. The van der Waals surface area contributed by atoms with Crippen molar-refractivity contribution in [3.8, 4) is 5.75 Å². The van der Waals surface area contributed by atoms with Gasteiger partial charge in [-0.15, -0.1) is 0 Å². The summed E-state index contributed by atoms with van der Waals surface area (Å²) < 4.78 is 5.40. The summed E-state index contributed by atoms with van der Waals surface area (Å²) in [6, 6.07) is 8.08. The van der Waals surface area contributed by atoms with Crippen LogP contribution in [-0.4, -0.2) is 18.6 Å². The van der Waals surface area contributed by atoms with Crippen LogP contribution in [0.4, 0.5) is 0 Å². The smallest absolute Gasteiger partial charge is 0.244 e. The van der Waals surface area contributed by atoms with Crippen LogP contribution >= 0.6 is 0 Å². The van der Waals surface area contributed by atoms with Gasteiger partial charge < -0.3 is 10.1 Å². The second-order valence-electron chi connectivity index (χ2n) is 5.71. The van der Waals surface area contributed by atoms with Gasteiger partial charge in [-0.2, -0.15) is 0 Å². The Morgan fingerprint density at radius 2 is 2.00 bits per heavy atom. The van der Waals surface area contributed by atoms with Crippen LogP contribution in [0, 0.1) is 5.92 Å². The number of rotatable bonds is 5. The van der Waals surface area contributed by atoms with Crippen LogP contribution in [0.25, 0.3) is 6.08 Å². The van der Waals surface area contributed by atoms with Crippen molar-refractivity contribution in [2.24, 2.45) is 5.92 Å². The van der Waals surface area contributed by atoms with Crippen molar-refractivity contribution >= 4 is 12.0 Å². The lowest BCUT2D eigenvalue weighted by atomic mass is 9.86. The highest BCUT2D eigenvalue weighted by molar-refractivity contribution is 5.91. The number of nitrogens with one attached hydrogen (secondary N) is 1. The molecule has 2 atom stereocenters. The molecule has 3 heteroatoms. The summed E-state index contributed by atoms with van der Waals surface area (Å²) >= 11 is 0. The molecule has 0 aromatic heterocycles. The standard InChI is InChI=1S/C18H25NO2/c1-3-21-16-11-8-15(9-12-16)10-13-18(20)19-17-7-5-4-6-14(17)2/h8-14,17H,3-7H2,1-2H3,(H,19,20)/b13-10+/t14-,17-/m1/s1. The Morgan fingerprint density at radius 3 is 2.67 bits per heavy atom. The highest BCUT2D eigenvalue weighted by atomic mass is 16.5. The Hall–Kier alpha value is -1.77. The van der Waals surface area contributed by atoms with Crippen molar-refractivity contribution in [1.82, 2.24) is 5.32 Å². The van der Waals surface area contributed by atoms with Gasteiger partial charge in [0.05, 0.1) is 6.61 Å². The number of benzene rings is 1. The zero-order chi connectivity index (χ0) is 15.1. The zero-order valence-electron chi connectivity index (χ0n) is 13.0. The van der Waals surface area contributed by atoms with Crippen LogP contribution in [0.2, 0.25) is 0 Å². The van der Waals surface area contributed by atoms with E-state index in [4.69, 9.17) is 4.74 Å². The maximum absolute atomic E-state index is 12.0. The highest BCUT2D eigenvalue weighted by Crippen LogP contribution is 2.23. The van der Waals surface area contributed by atoms with E-state index < -0.39 is 0 Å². The maximum Gasteiger partial charge on any atom is 0.244 e. The van der Waals surface area contributed by atoms with E-state index in [-0.39, 0.29) is 5.91 Å². The second-order valence-corrected chi connectivity index (χ2v) is 5.71. The molecule has 1 aromatic carbocycles. The number of carbonyl (C=O) groups excluding carboxylic acids is 1. The van der Waals surface area contributed by atoms with Crippen LogP contribution in [0.5, 0.6) is 5.75 Å². The first-order chi connectivity index (χ1) is 10.2. The molecule has 0 radical (unpaired) electrons. The Labute approximate surface area is 127 Å². The Morgan fingerprint density at radius 1 is 1.29 bits per heavy atom. The van der Waals surface area contributed by atoms with Crippen LogP contribution < -0.4 is 10.1 Å². The number of hydrogen-bond donors (Lipinski definition) is 1. The van der Waals surface area contributed by atoms with E-state index in [1.807, 2.05) is 37.3 Å². The van der Waals surface area contributed by atoms with E-state index in [0.29, 0.717) is 18.6 Å². The van der Waals surface area contributed by atoms with Crippen molar-refractivity contribution < 1.29 is 9.53 Å². The lowest BCUT2D eigenvalue weighted by molar-refractivity contribution is -0.117. The van der Waals surface area contributed by atoms with Gasteiger partial charge in [-0.05, 0) is 49.5 Å². The summed E-state index contributed by atoms with van der Waals surface area (Å²) in [5, 5.41) is 3.12. The summed E-state index contributed by atoms with van der Waals surface area (Å²) in [5.74, 6) is 1.44. The van der Waals surface area contributed by atoms with Gasteiger partial charge in [0.25, 0.3) is 0 Å². The normalized spacial score (nSPS) is 22.2. The molecule has 1 aromatic rings. The molecule has 1 fully saturated rings. The molecule has 21 heavy (non-hydrogen) atoms. The molecule has 1 saturated carbocycles. The molecule has 0 bridgehead atoms. The molecule has 1 aliphatic carbocycles. The fourth-order valence-electron chi connectivity index (χ4n) is 2.78. The van der Waals surface area contributed by atoms with Crippen LogP contribution in [0.1, 0.15) is 45.1 Å². The molecule has 1 N–H and O–H groups in total. The van der Waals surface area contributed by atoms with E-state index in [0.717, 1.165) is 17.7 Å². The zero-order valence-corrected chi connectivity index (χ0v) is 13.0.